The summed E-state index contributed by atoms with van der Waals surface area (Å²) in [4.78, 5) is 22.1. The highest BCUT2D eigenvalue weighted by Gasteiger charge is 2.51. The third kappa shape index (κ3) is 4.22. The average molecular weight is 421 g/mol. The zero-order valence-corrected chi connectivity index (χ0v) is 13.2. The number of carboxylic acids is 1. The third-order valence-corrected chi connectivity index (χ3v) is 4.05. The molecule has 1 aliphatic heterocycles. The maximum atomic E-state index is 13.9. The first-order chi connectivity index (χ1) is 9.70. The first kappa shape index (κ1) is 18.5. The van der Waals surface area contributed by atoms with Gasteiger partial charge in [0, 0.05) is 11.4 Å². The summed E-state index contributed by atoms with van der Waals surface area (Å²) in [5, 5.41) is 40.5. The molecule has 1 unspecified atom stereocenters. The minimum atomic E-state index is -2.28. The molecule has 0 aromatic rings. The van der Waals surface area contributed by atoms with Gasteiger partial charge in [0.2, 0.25) is 5.91 Å². The molecular formula is C11H17FINO7. The van der Waals surface area contributed by atoms with E-state index >= 15 is 0 Å². The van der Waals surface area contributed by atoms with E-state index in [0.29, 0.717) is 0 Å². The topological polar surface area (TPSA) is 136 Å². The fourth-order valence-electron chi connectivity index (χ4n) is 2.10. The lowest BCUT2D eigenvalue weighted by atomic mass is 9.89. The third-order valence-electron chi connectivity index (χ3n) is 3.14. The number of aliphatic carboxylic acids is 1. The molecule has 0 radical (unpaired) electrons. The van der Waals surface area contributed by atoms with Gasteiger partial charge in [-0.25, -0.2) is 9.18 Å². The molecule has 0 bridgehead atoms. The van der Waals surface area contributed by atoms with Crippen molar-refractivity contribution in [2.75, 3.05) is 4.43 Å². The highest BCUT2D eigenvalue weighted by Crippen LogP contribution is 2.27. The average Bonchev–Trinajstić information content (AvgIpc) is 2.41. The van der Waals surface area contributed by atoms with Crippen molar-refractivity contribution in [3.63, 3.8) is 0 Å². The Morgan fingerprint density at radius 2 is 2.00 bits per heavy atom. The highest BCUT2D eigenvalue weighted by molar-refractivity contribution is 14.1. The van der Waals surface area contributed by atoms with Gasteiger partial charge in [0.25, 0.3) is 0 Å². The Kier molecular flexibility index (Phi) is 6.71. The van der Waals surface area contributed by atoms with Crippen LogP contribution >= 0.6 is 22.6 Å². The molecule has 21 heavy (non-hydrogen) atoms. The van der Waals surface area contributed by atoms with Crippen LogP contribution < -0.4 is 5.32 Å². The second-order valence-corrected chi connectivity index (χ2v) is 5.61. The van der Waals surface area contributed by atoms with Crippen molar-refractivity contribution in [2.24, 2.45) is 0 Å². The lowest BCUT2D eigenvalue weighted by Gasteiger charge is -2.43. The summed E-state index contributed by atoms with van der Waals surface area (Å²) < 4.78 is 18.9. The molecule has 0 aromatic carbocycles. The van der Waals surface area contributed by atoms with Crippen molar-refractivity contribution < 1.29 is 39.1 Å². The van der Waals surface area contributed by atoms with Crippen molar-refractivity contribution in [1.82, 2.24) is 5.32 Å². The summed E-state index contributed by atoms with van der Waals surface area (Å²) in [6.45, 7) is 1.11. The predicted molar refractivity (Wildman–Crippen MR) is 75.7 cm³/mol. The van der Waals surface area contributed by atoms with Gasteiger partial charge < -0.3 is 30.5 Å². The number of ether oxygens (including phenoxy) is 1. The number of carbonyl (C=O) groups excluding carboxylic acids is 1. The second kappa shape index (κ2) is 7.63. The van der Waals surface area contributed by atoms with E-state index in [2.05, 4.69) is 5.32 Å². The summed E-state index contributed by atoms with van der Waals surface area (Å²) in [6.07, 6.45) is -10.5. The monoisotopic (exact) mass is 421 g/mol. The maximum Gasteiger partial charge on any atom is 0.336 e. The number of amides is 1. The van der Waals surface area contributed by atoms with Crippen LogP contribution in [0.2, 0.25) is 0 Å². The zero-order valence-electron chi connectivity index (χ0n) is 11.0. The molecule has 0 aromatic heterocycles. The predicted octanol–water partition coefficient (Wildman–Crippen LogP) is -1.80. The summed E-state index contributed by atoms with van der Waals surface area (Å²) in [5.74, 6) is -2.27. The van der Waals surface area contributed by atoms with Crippen LogP contribution in [-0.4, -0.2) is 79.5 Å². The Balaban J connectivity index is 3.06. The molecule has 0 saturated carbocycles. The van der Waals surface area contributed by atoms with Crippen LogP contribution in [0.3, 0.4) is 0 Å². The summed E-state index contributed by atoms with van der Waals surface area (Å²) in [6, 6.07) is -1.37. The molecule has 0 spiro atoms. The molecule has 122 valence electrons. The number of hydrogen-bond acceptors (Lipinski definition) is 6. The summed E-state index contributed by atoms with van der Waals surface area (Å²) in [5.41, 5.74) is 0. The van der Waals surface area contributed by atoms with E-state index in [9.17, 15) is 29.3 Å². The molecular weight excluding hydrogens is 404 g/mol. The van der Waals surface area contributed by atoms with Gasteiger partial charge in [-0.05, 0) is 0 Å². The summed E-state index contributed by atoms with van der Waals surface area (Å²) >= 11 is 1.78. The van der Waals surface area contributed by atoms with E-state index in [0.717, 1.165) is 6.92 Å². The van der Waals surface area contributed by atoms with Gasteiger partial charge in [0.1, 0.15) is 18.3 Å². The number of alkyl halides is 2. The number of carbonyl (C=O) groups is 2. The van der Waals surface area contributed by atoms with Crippen LogP contribution in [0, 0.1) is 0 Å². The molecule has 10 heteroatoms. The maximum absolute atomic E-state index is 13.9. The lowest BCUT2D eigenvalue weighted by Crippen LogP contribution is -2.67. The van der Waals surface area contributed by atoms with Gasteiger partial charge >= 0.3 is 5.97 Å². The Hall–Kier alpha value is -0.560. The van der Waals surface area contributed by atoms with Crippen LogP contribution in [-0.2, 0) is 14.3 Å². The van der Waals surface area contributed by atoms with Gasteiger partial charge in [-0.15, -0.1) is 0 Å². The molecule has 1 fully saturated rings. The summed E-state index contributed by atoms with van der Waals surface area (Å²) in [7, 11) is 0. The number of rotatable bonds is 5. The quantitative estimate of drug-likeness (QED) is 0.261. The van der Waals surface area contributed by atoms with Gasteiger partial charge in [-0.1, -0.05) is 22.6 Å². The van der Waals surface area contributed by atoms with Crippen LogP contribution in [0.4, 0.5) is 4.39 Å². The van der Waals surface area contributed by atoms with E-state index in [1.807, 2.05) is 0 Å². The SMILES string of the molecule is CC(=O)N[C@@H]1[C@@H](O)[C@H](F)C(C(=O)O)O[C@H]1[C@H](O)[C@H](O)CI. The first-order valence-corrected chi connectivity index (χ1v) is 7.62. The smallest absolute Gasteiger partial charge is 0.336 e. The Morgan fingerprint density at radius 3 is 2.43 bits per heavy atom. The second-order valence-electron chi connectivity index (χ2n) is 4.73. The number of aliphatic hydroxyl groups excluding tert-OH is 3. The number of nitrogens with one attached hydrogen (secondary N) is 1. The first-order valence-electron chi connectivity index (χ1n) is 6.10. The minimum Gasteiger partial charge on any atom is -0.479 e. The molecule has 1 rings (SSSR count). The molecule has 0 aliphatic carbocycles. The van der Waals surface area contributed by atoms with Gasteiger partial charge in [0.15, 0.2) is 12.3 Å². The molecule has 5 N–H and O–H groups in total. The van der Waals surface area contributed by atoms with Crippen molar-refractivity contribution in [3.05, 3.63) is 0 Å². The van der Waals surface area contributed by atoms with Gasteiger partial charge in [-0.3, -0.25) is 4.79 Å². The molecule has 1 amide bonds. The van der Waals surface area contributed by atoms with E-state index in [1.165, 1.54) is 0 Å². The Bertz CT molecular complexity index is 399. The minimum absolute atomic E-state index is 0.0957. The molecule has 1 heterocycles. The van der Waals surface area contributed by atoms with E-state index < -0.39 is 54.6 Å². The Labute approximate surface area is 133 Å². The van der Waals surface area contributed by atoms with E-state index in [1.54, 1.807) is 22.6 Å². The fraction of sp³-hybridized carbons (Fsp3) is 0.818. The number of aliphatic hydroxyl groups is 3. The van der Waals surface area contributed by atoms with Crippen LogP contribution in [0.5, 0.6) is 0 Å². The highest BCUT2D eigenvalue weighted by atomic mass is 127. The van der Waals surface area contributed by atoms with Gasteiger partial charge in [0.05, 0.1) is 12.1 Å². The zero-order chi connectivity index (χ0) is 16.3. The number of halogens is 2. The van der Waals surface area contributed by atoms with Crippen molar-refractivity contribution in [2.45, 2.75) is 49.7 Å². The molecule has 1 aliphatic rings. The van der Waals surface area contributed by atoms with Crippen molar-refractivity contribution in [1.29, 1.82) is 0 Å². The normalized spacial score (nSPS) is 35.8. The standard InChI is InChI=1S/C11H17FINO7/c1-3(15)14-6-8(18)5(12)9(11(19)20)21-10(6)7(17)4(16)2-13/h4-10,16-18H,2H2,1H3,(H,14,15)(H,19,20)/t4-,5+,6-,7-,8+,9?,10-/m1/s1. The van der Waals surface area contributed by atoms with Crippen LogP contribution in [0.25, 0.3) is 0 Å². The molecule has 7 atom stereocenters. The lowest BCUT2D eigenvalue weighted by molar-refractivity contribution is -0.212. The molecule has 1 saturated heterocycles. The number of carboxylic acid groups (broad SMARTS) is 1. The molecule has 8 nitrogen and oxygen atoms in total. The van der Waals surface area contributed by atoms with Crippen molar-refractivity contribution in [3.8, 4) is 0 Å². The van der Waals surface area contributed by atoms with Crippen molar-refractivity contribution >= 4 is 34.5 Å². The largest absolute Gasteiger partial charge is 0.479 e. The van der Waals surface area contributed by atoms with E-state index in [4.69, 9.17) is 9.84 Å². The fourth-order valence-corrected chi connectivity index (χ4v) is 2.62. The number of hydrogen-bond donors (Lipinski definition) is 5. The van der Waals surface area contributed by atoms with Crippen LogP contribution in [0.15, 0.2) is 0 Å². The van der Waals surface area contributed by atoms with Gasteiger partial charge in [-0.2, -0.15) is 0 Å². The Morgan fingerprint density at radius 1 is 1.43 bits per heavy atom. The van der Waals surface area contributed by atoms with E-state index in [-0.39, 0.29) is 4.43 Å². The van der Waals surface area contributed by atoms with Crippen LogP contribution in [0.1, 0.15) is 6.92 Å².